The smallest absolute Gasteiger partial charge is 0.226 e. The lowest BCUT2D eigenvalue weighted by Crippen LogP contribution is -2.33. The third-order valence-corrected chi connectivity index (χ3v) is 3.92. The van der Waals surface area contributed by atoms with Gasteiger partial charge in [-0.2, -0.15) is 0 Å². The second kappa shape index (κ2) is 7.90. The fraction of sp³-hybridized carbons (Fsp3) is 0.529. The maximum atomic E-state index is 12.2. The molecule has 0 saturated heterocycles. The number of anilines is 1. The first-order valence-corrected chi connectivity index (χ1v) is 7.87. The van der Waals surface area contributed by atoms with Crippen molar-refractivity contribution in [2.24, 2.45) is 0 Å². The van der Waals surface area contributed by atoms with Crippen LogP contribution >= 0.6 is 0 Å². The lowest BCUT2D eigenvalue weighted by Gasteiger charge is -2.20. The van der Waals surface area contributed by atoms with Crippen LogP contribution in [-0.2, 0) is 9.59 Å². The van der Waals surface area contributed by atoms with Gasteiger partial charge in [-0.3, -0.25) is 9.59 Å². The molecule has 132 valence electrons. The molecule has 24 heavy (non-hydrogen) atoms. The third kappa shape index (κ3) is 4.31. The van der Waals surface area contributed by atoms with E-state index in [0.29, 0.717) is 35.5 Å². The van der Waals surface area contributed by atoms with Gasteiger partial charge >= 0.3 is 0 Å². The van der Waals surface area contributed by atoms with Crippen molar-refractivity contribution < 1.29 is 23.8 Å². The number of carbonyl (C=O) groups is 2. The van der Waals surface area contributed by atoms with E-state index in [9.17, 15) is 9.59 Å². The number of amides is 2. The van der Waals surface area contributed by atoms with E-state index in [1.54, 1.807) is 17.0 Å². The largest absolute Gasteiger partial charge is 0.493 e. The first-order chi connectivity index (χ1) is 11.5. The molecular formula is C17H24N2O5. The summed E-state index contributed by atoms with van der Waals surface area (Å²) in [4.78, 5) is 25.5. The highest BCUT2D eigenvalue weighted by atomic mass is 16.5. The van der Waals surface area contributed by atoms with Gasteiger partial charge in [0.05, 0.1) is 21.3 Å². The van der Waals surface area contributed by atoms with Crippen molar-refractivity contribution in [2.75, 3.05) is 33.2 Å². The summed E-state index contributed by atoms with van der Waals surface area (Å²) in [7, 11) is 4.55. The standard InChI is InChI=1S/C17H24N2O5/c1-11(20)19(13-5-6-13)8-7-16(21)18-12-9-14(22-2)17(24-4)15(10-12)23-3/h9-10,13H,5-8H2,1-4H3,(H,18,21). The Kier molecular flexibility index (Phi) is 5.89. The van der Waals surface area contributed by atoms with Crippen molar-refractivity contribution in [1.82, 2.24) is 4.90 Å². The summed E-state index contributed by atoms with van der Waals surface area (Å²) in [6.45, 7) is 1.96. The van der Waals surface area contributed by atoms with Crippen LogP contribution in [0.25, 0.3) is 0 Å². The molecule has 1 aromatic rings. The lowest BCUT2D eigenvalue weighted by molar-refractivity contribution is -0.129. The van der Waals surface area contributed by atoms with Crippen molar-refractivity contribution in [2.45, 2.75) is 32.2 Å². The van der Waals surface area contributed by atoms with Crippen LogP contribution in [0.2, 0.25) is 0 Å². The molecule has 7 nitrogen and oxygen atoms in total. The van der Waals surface area contributed by atoms with Gasteiger partial charge in [-0.1, -0.05) is 0 Å². The van der Waals surface area contributed by atoms with Gasteiger partial charge in [0.25, 0.3) is 0 Å². The quantitative estimate of drug-likeness (QED) is 0.786. The minimum absolute atomic E-state index is 0.0121. The molecule has 0 aromatic heterocycles. The van der Waals surface area contributed by atoms with E-state index < -0.39 is 0 Å². The predicted octanol–water partition coefficient (Wildman–Crippen LogP) is 2.05. The SMILES string of the molecule is COc1cc(NC(=O)CCN(C(C)=O)C2CC2)cc(OC)c1OC. The van der Waals surface area contributed by atoms with Gasteiger partial charge in [0.15, 0.2) is 11.5 Å². The van der Waals surface area contributed by atoms with E-state index in [-0.39, 0.29) is 18.2 Å². The predicted molar refractivity (Wildman–Crippen MR) is 89.8 cm³/mol. The molecule has 0 unspecified atom stereocenters. The van der Waals surface area contributed by atoms with Crippen LogP contribution in [0, 0.1) is 0 Å². The fourth-order valence-corrected chi connectivity index (χ4v) is 2.58. The Labute approximate surface area is 141 Å². The highest BCUT2D eigenvalue weighted by molar-refractivity contribution is 5.92. The second-order valence-electron chi connectivity index (χ2n) is 5.66. The summed E-state index contributed by atoms with van der Waals surface area (Å²) in [5.74, 6) is 1.25. The Morgan fingerprint density at radius 2 is 1.71 bits per heavy atom. The van der Waals surface area contributed by atoms with Crippen LogP contribution in [0.4, 0.5) is 5.69 Å². The number of nitrogens with one attached hydrogen (secondary N) is 1. The topological polar surface area (TPSA) is 77.1 Å². The Hall–Kier alpha value is -2.44. The maximum absolute atomic E-state index is 12.2. The number of benzene rings is 1. The van der Waals surface area contributed by atoms with Crippen LogP contribution < -0.4 is 19.5 Å². The van der Waals surface area contributed by atoms with E-state index in [1.807, 2.05) is 0 Å². The van der Waals surface area contributed by atoms with Crippen molar-refractivity contribution >= 4 is 17.5 Å². The molecule has 1 N–H and O–H groups in total. The monoisotopic (exact) mass is 336 g/mol. The molecule has 1 fully saturated rings. The number of rotatable bonds is 8. The summed E-state index contributed by atoms with van der Waals surface area (Å²) < 4.78 is 15.8. The van der Waals surface area contributed by atoms with Crippen molar-refractivity contribution in [3.63, 3.8) is 0 Å². The fourth-order valence-electron chi connectivity index (χ4n) is 2.58. The third-order valence-electron chi connectivity index (χ3n) is 3.92. The van der Waals surface area contributed by atoms with E-state index in [2.05, 4.69) is 5.32 Å². The average molecular weight is 336 g/mol. The molecule has 0 atom stereocenters. The number of nitrogens with zero attached hydrogens (tertiary/aromatic N) is 1. The minimum Gasteiger partial charge on any atom is -0.493 e. The molecule has 1 aliphatic carbocycles. The Bertz CT molecular complexity index is 588. The summed E-state index contributed by atoms with van der Waals surface area (Å²) in [5, 5.41) is 2.80. The van der Waals surface area contributed by atoms with Gasteiger partial charge in [-0.05, 0) is 12.8 Å². The molecule has 0 spiro atoms. The maximum Gasteiger partial charge on any atom is 0.226 e. The average Bonchev–Trinajstić information content (AvgIpc) is 3.38. The van der Waals surface area contributed by atoms with Gasteiger partial charge in [-0.15, -0.1) is 0 Å². The van der Waals surface area contributed by atoms with Crippen molar-refractivity contribution in [1.29, 1.82) is 0 Å². The molecule has 1 aliphatic rings. The van der Waals surface area contributed by atoms with Gasteiger partial charge in [0.2, 0.25) is 17.6 Å². The van der Waals surface area contributed by atoms with E-state index in [0.717, 1.165) is 12.8 Å². The number of hydrogen-bond acceptors (Lipinski definition) is 5. The summed E-state index contributed by atoms with van der Waals surface area (Å²) in [5.41, 5.74) is 0.551. The first kappa shape index (κ1) is 17.9. The van der Waals surface area contributed by atoms with Gasteiger partial charge in [0, 0.05) is 43.8 Å². The molecule has 2 rings (SSSR count). The lowest BCUT2D eigenvalue weighted by atomic mass is 10.2. The zero-order chi connectivity index (χ0) is 17.7. The summed E-state index contributed by atoms with van der Waals surface area (Å²) in [6.07, 6.45) is 2.29. The van der Waals surface area contributed by atoms with Gasteiger partial charge < -0.3 is 24.4 Å². The van der Waals surface area contributed by atoms with Crippen molar-refractivity contribution in [3.8, 4) is 17.2 Å². The Morgan fingerprint density at radius 3 is 2.12 bits per heavy atom. The van der Waals surface area contributed by atoms with Crippen molar-refractivity contribution in [3.05, 3.63) is 12.1 Å². The van der Waals surface area contributed by atoms with E-state index >= 15 is 0 Å². The molecule has 2 amide bonds. The highest BCUT2D eigenvalue weighted by Crippen LogP contribution is 2.39. The molecular weight excluding hydrogens is 312 g/mol. The molecule has 1 saturated carbocycles. The first-order valence-electron chi connectivity index (χ1n) is 7.87. The highest BCUT2D eigenvalue weighted by Gasteiger charge is 2.30. The Balaban J connectivity index is 2.01. The second-order valence-corrected chi connectivity index (χ2v) is 5.66. The number of hydrogen-bond donors (Lipinski definition) is 1. The number of methoxy groups -OCH3 is 3. The van der Waals surface area contributed by atoms with Crippen LogP contribution in [0.1, 0.15) is 26.2 Å². The van der Waals surface area contributed by atoms with Gasteiger partial charge in [-0.25, -0.2) is 0 Å². The summed E-state index contributed by atoms with van der Waals surface area (Å²) >= 11 is 0. The molecule has 0 bridgehead atoms. The molecule has 0 heterocycles. The van der Waals surface area contributed by atoms with E-state index in [1.165, 1.54) is 28.3 Å². The minimum atomic E-state index is -0.170. The van der Waals surface area contributed by atoms with E-state index in [4.69, 9.17) is 14.2 Å². The van der Waals surface area contributed by atoms with Crippen LogP contribution in [-0.4, -0.2) is 50.6 Å². The van der Waals surface area contributed by atoms with Crippen LogP contribution in [0.3, 0.4) is 0 Å². The number of carbonyl (C=O) groups excluding carboxylic acids is 2. The van der Waals surface area contributed by atoms with Gasteiger partial charge in [0.1, 0.15) is 0 Å². The van der Waals surface area contributed by atoms with Crippen LogP contribution in [0.15, 0.2) is 12.1 Å². The summed E-state index contributed by atoms with van der Waals surface area (Å²) in [6, 6.07) is 3.64. The normalized spacial score (nSPS) is 13.2. The molecule has 0 radical (unpaired) electrons. The number of ether oxygens (including phenoxy) is 3. The molecule has 0 aliphatic heterocycles. The zero-order valence-corrected chi connectivity index (χ0v) is 14.5. The zero-order valence-electron chi connectivity index (χ0n) is 14.5. The molecule has 1 aromatic carbocycles. The molecule has 7 heteroatoms. The van der Waals surface area contributed by atoms with Crippen LogP contribution in [0.5, 0.6) is 17.2 Å². The Morgan fingerprint density at radius 1 is 1.12 bits per heavy atom.